The summed E-state index contributed by atoms with van der Waals surface area (Å²) < 4.78 is 42.3. The fourth-order valence-corrected chi connectivity index (χ4v) is 4.28. The molecule has 0 amide bonds. The first kappa shape index (κ1) is 15.1. The molecule has 1 aliphatic heterocycles. The number of carbonyl (C=O) groups is 1. The minimum Gasteiger partial charge on any atom is -0.377 e. The zero-order chi connectivity index (χ0) is 14.8. The average molecular weight is 300 g/mol. The number of hydrogen-bond acceptors (Lipinski definition) is 4. The predicted octanol–water partition coefficient (Wildman–Crippen LogP) is 1.53. The molecule has 1 aliphatic rings. The van der Waals surface area contributed by atoms with E-state index in [2.05, 4.69) is 0 Å². The summed E-state index contributed by atoms with van der Waals surface area (Å²) in [4.78, 5) is 11.9. The minimum absolute atomic E-state index is 0.00146. The van der Waals surface area contributed by atoms with Crippen LogP contribution >= 0.6 is 0 Å². The van der Waals surface area contributed by atoms with Crippen molar-refractivity contribution in [1.82, 2.24) is 0 Å². The van der Waals surface area contributed by atoms with Crippen molar-refractivity contribution < 1.29 is 22.3 Å². The Labute approximate surface area is 117 Å². The lowest BCUT2D eigenvalue weighted by Gasteiger charge is -2.14. The topological polar surface area (TPSA) is 60.4 Å². The Bertz CT molecular complexity index is 580. The highest BCUT2D eigenvalue weighted by Crippen LogP contribution is 2.21. The number of carbonyl (C=O) groups excluding carboxylic acids is 1. The molecule has 2 atom stereocenters. The van der Waals surface area contributed by atoms with E-state index < -0.39 is 20.8 Å². The van der Waals surface area contributed by atoms with E-state index in [9.17, 15) is 17.6 Å². The van der Waals surface area contributed by atoms with Crippen molar-refractivity contribution in [1.29, 1.82) is 0 Å². The van der Waals surface area contributed by atoms with E-state index >= 15 is 0 Å². The van der Waals surface area contributed by atoms with Crippen LogP contribution in [-0.2, 0) is 25.8 Å². The van der Waals surface area contributed by atoms with Crippen molar-refractivity contribution >= 4 is 15.6 Å². The molecule has 6 heteroatoms. The van der Waals surface area contributed by atoms with Crippen LogP contribution < -0.4 is 0 Å². The Morgan fingerprint density at radius 3 is 2.55 bits per heavy atom. The maximum atomic E-state index is 12.7. The second-order valence-electron chi connectivity index (χ2n) is 5.05. The number of halogens is 1. The Morgan fingerprint density at radius 1 is 1.35 bits per heavy atom. The van der Waals surface area contributed by atoms with Crippen molar-refractivity contribution in [2.75, 3.05) is 12.4 Å². The fourth-order valence-electron chi connectivity index (χ4n) is 2.40. The van der Waals surface area contributed by atoms with Gasteiger partial charge >= 0.3 is 0 Å². The largest absolute Gasteiger partial charge is 0.377 e. The van der Waals surface area contributed by atoms with Gasteiger partial charge in [-0.3, -0.25) is 4.79 Å². The molecule has 2 rings (SSSR count). The summed E-state index contributed by atoms with van der Waals surface area (Å²) in [5.41, 5.74) is 0.613. The number of sulfone groups is 1. The van der Waals surface area contributed by atoms with E-state index in [0.29, 0.717) is 18.6 Å². The summed E-state index contributed by atoms with van der Waals surface area (Å²) in [6.45, 7) is 2.12. The first-order chi connectivity index (χ1) is 9.38. The van der Waals surface area contributed by atoms with Gasteiger partial charge in [0.05, 0.1) is 11.4 Å². The quantitative estimate of drug-likeness (QED) is 0.827. The summed E-state index contributed by atoms with van der Waals surface area (Å²) in [5.74, 6) is -1.25. The normalized spacial score (nSPS) is 22.9. The molecule has 0 aliphatic carbocycles. The summed E-state index contributed by atoms with van der Waals surface area (Å²) in [6.07, 6.45) is 0.0769. The van der Waals surface area contributed by atoms with E-state index in [0.717, 1.165) is 0 Å². The molecule has 2 unspecified atom stereocenters. The number of benzene rings is 1. The highest BCUT2D eigenvalue weighted by molar-refractivity contribution is 7.92. The smallest absolute Gasteiger partial charge is 0.162 e. The molecule has 20 heavy (non-hydrogen) atoms. The second-order valence-corrected chi connectivity index (χ2v) is 7.27. The van der Waals surface area contributed by atoms with E-state index in [1.807, 2.05) is 0 Å². The number of Topliss-reactive ketones (excluding diaryl/α,β-unsaturated/α-hetero) is 1. The molecule has 110 valence electrons. The molecule has 0 radical (unpaired) electrons. The van der Waals surface area contributed by atoms with Crippen LogP contribution in [0.2, 0.25) is 0 Å². The van der Waals surface area contributed by atoms with Crippen LogP contribution in [0, 0.1) is 5.82 Å². The molecule has 1 aromatic rings. The number of ketones is 1. The van der Waals surface area contributed by atoms with Crippen molar-refractivity contribution in [3.8, 4) is 0 Å². The van der Waals surface area contributed by atoms with Crippen LogP contribution in [0.1, 0.15) is 18.9 Å². The second kappa shape index (κ2) is 6.01. The van der Waals surface area contributed by atoms with Crippen molar-refractivity contribution in [2.24, 2.45) is 0 Å². The van der Waals surface area contributed by atoms with Crippen LogP contribution in [0.25, 0.3) is 0 Å². The summed E-state index contributed by atoms with van der Waals surface area (Å²) in [6, 6.07) is 5.48. The van der Waals surface area contributed by atoms with Crippen LogP contribution in [-0.4, -0.2) is 37.9 Å². The molecule has 0 N–H and O–H groups in total. The lowest BCUT2D eigenvalue weighted by Crippen LogP contribution is -2.33. The van der Waals surface area contributed by atoms with Gasteiger partial charge < -0.3 is 4.74 Å². The van der Waals surface area contributed by atoms with Gasteiger partial charge in [0.2, 0.25) is 0 Å². The lowest BCUT2D eigenvalue weighted by molar-refractivity contribution is -0.116. The van der Waals surface area contributed by atoms with Crippen molar-refractivity contribution in [3.05, 3.63) is 35.6 Å². The Kier molecular flexibility index (Phi) is 4.55. The molecule has 1 saturated heterocycles. The molecular weight excluding hydrogens is 283 g/mol. The maximum Gasteiger partial charge on any atom is 0.162 e. The van der Waals surface area contributed by atoms with E-state index in [4.69, 9.17) is 4.74 Å². The van der Waals surface area contributed by atoms with Gasteiger partial charge in [0.25, 0.3) is 0 Å². The molecule has 4 nitrogen and oxygen atoms in total. The van der Waals surface area contributed by atoms with Gasteiger partial charge in [-0.25, -0.2) is 12.8 Å². The van der Waals surface area contributed by atoms with E-state index in [-0.39, 0.29) is 24.1 Å². The van der Waals surface area contributed by atoms with Gasteiger partial charge in [0.15, 0.2) is 15.6 Å². The molecule has 0 spiro atoms. The lowest BCUT2D eigenvalue weighted by atomic mass is 10.1. The maximum absolute atomic E-state index is 12.7. The molecule has 0 saturated carbocycles. The van der Waals surface area contributed by atoms with Gasteiger partial charge in [0, 0.05) is 13.0 Å². The molecule has 0 bridgehead atoms. The molecule has 1 heterocycles. The summed E-state index contributed by atoms with van der Waals surface area (Å²) in [5, 5.41) is -0.598. The highest BCUT2D eigenvalue weighted by atomic mass is 32.2. The molecular formula is C14H17FO4S. The average Bonchev–Trinajstić information content (AvgIpc) is 2.78. The molecule has 1 aromatic carbocycles. The van der Waals surface area contributed by atoms with Gasteiger partial charge in [-0.15, -0.1) is 0 Å². The SMILES string of the molecule is CC1OCCC1S(=O)(=O)CC(=O)Cc1ccc(F)cc1. The van der Waals surface area contributed by atoms with Crippen LogP contribution in [0.4, 0.5) is 4.39 Å². The third-order valence-electron chi connectivity index (χ3n) is 3.44. The first-order valence-corrected chi connectivity index (χ1v) is 8.19. The Morgan fingerprint density at radius 2 is 2.00 bits per heavy atom. The van der Waals surface area contributed by atoms with Crippen molar-refractivity contribution in [2.45, 2.75) is 31.1 Å². The minimum atomic E-state index is -3.49. The summed E-state index contributed by atoms with van der Waals surface area (Å²) >= 11 is 0. The number of ether oxygens (including phenoxy) is 1. The zero-order valence-electron chi connectivity index (χ0n) is 11.2. The third-order valence-corrected chi connectivity index (χ3v) is 5.71. The molecule has 1 fully saturated rings. The highest BCUT2D eigenvalue weighted by Gasteiger charge is 2.36. The van der Waals surface area contributed by atoms with E-state index in [1.165, 1.54) is 24.3 Å². The predicted molar refractivity (Wildman–Crippen MR) is 72.7 cm³/mol. The number of hydrogen-bond donors (Lipinski definition) is 0. The summed E-state index contributed by atoms with van der Waals surface area (Å²) in [7, 11) is -3.49. The Balaban J connectivity index is 1.98. The van der Waals surface area contributed by atoms with E-state index in [1.54, 1.807) is 6.92 Å². The third kappa shape index (κ3) is 3.64. The van der Waals surface area contributed by atoms with Crippen molar-refractivity contribution in [3.63, 3.8) is 0 Å². The molecule has 0 aromatic heterocycles. The van der Waals surface area contributed by atoms with Gasteiger partial charge in [-0.1, -0.05) is 12.1 Å². The zero-order valence-corrected chi connectivity index (χ0v) is 12.0. The first-order valence-electron chi connectivity index (χ1n) is 6.48. The van der Waals surface area contributed by atoms with Gasteiger partial charge in [-0.05, 0) is 31.0 Å². The monoisotopic (exact) mass is 300 g/mol. The van der Waals surface area contributed by atoms with Crippen LogP contribution in [0.3, 0.4) is 0 Å². The van der Waals surface area contributed by atoms with Gasteiger partial charge in [-0.2, -0.15) is 0 Å². The fraction of sp³-hybridized carbons (Fsp3) is 0.500. The number of rotatable bonds is 5. The standard InChI is InChI=1S/C14H17FO4S/c1-10-14(6-7-19-10)20(17,18)9-13(16)8-11-2-4-12(15)5-3-11/h2-5,10,14H,6-9H2,1H3. The van der Waals surface area contributed by atoms with Crippen LogP contribution in [0.15, 0.2) is 24.3 Å². The Hall–Kier alpha value is -1.27. The van der Waals surface area contributed by atoms with Crippen LogP contribution in [0.5, 0.6) is 0 Å². The van der Waals surface area contributed by atoms with Gasteiger partial charge in [0.1, 0.15) is 11.6 Å².